The molecule has 1 aliphatic rings. The summed E-state index contributed by atoms with van der Waals surface area (Å²) < 4.78 is 11.1. The summed E-state index contributed by atoms with van der Waals surface area (Å²) in [7, 11) is 0. The van der Waals surface area contributed by atoms with Crippen molar-refractivity contribution in [2.75, 3.05) is 6.54 Å². The number of primary amides is 1. The molecule has 2 aromatic carbocycles. The molecule has 3 rings (SSSR count). The fraction of sp³-hybridized carbons (Fsp3) is 0.467. The van der Waals surface area contributed by atoms with Gasteiger partial charge in [0, 0.05) is 13.0 Å². The number of benzene rings is 2. The number of ether oxygens (including phenoxy) is 2. The van der Waals surface area contributed by atoms with Crippen LogP contribution in [0.3, 0.4) is 0 Å². The van der Waals surface area contributed by atoms with Gasteiger partial charge in [-0.1, -0.05) is 74.5 Å². The molecule has 9 heteroatoms. The van der Waals surface area contributed by atoms with E-state index in [1.807, 2.05) is 74.5 Å². The molecule has 1 fully saturated rings. The number of amides is 2. The van der Waals surface area contributed by atoms with Crippen molar-refractivity contribution in [3.05, 3.63) is 71.8 Å². The number of nitrogens with one attached hydrogen (secondary N) is 1. The number of carbonyl (C=O) groups is 4. The lowest BCUT2D eigenvalue weighted by molar-refractivity contribution is -0.156. The highest BCUT2D eigenvalue weighted by molar-refractivity contribution is 5.89. The Morgan fingerprint density at radius 1 is 0.923 bits per heavy atom. The summed E-state index contributed by atoms with van der Waals surface area (Å²) in [5.41, 5.74) is 7.10. The highest BCUT2D eigenvalue weighted by Crippen LogP contribution is 2.22. The van der Waals surface area contributed by atoms with Crippen molar-refractivity contribution in [3.8, 4) is 0 Å². The number of carbonyl (C=O) groups excluding carboxylic acids is 4. The van der Waals surface area contributed by atoms with Gasteiger partial charge in [-0.25, -0.2) is 4.79 Å². The summed E-state index contributed by atoms with van der Waals surface area (Å²) in [5, 5.41) is 3.15. The van der Waals surface area contributed by atoms with Crippen molar-refractivity contribution in [1.29, 1.82) is 0 Å². The number of esters is 2. The van der Waals surface area contributed by atoms with E-state index in [1.54, 1.807) is 0 Å². The van der Waals surface area contributed by atoms with Gasteiger partial charge in [-0.15, -0.1) is 0 Å². The molecule has 0 spiro atoms. The summed E-state index contributed by atoms with van der Waals surface area (Å²) in [6.07, 6.45) is 1.60. The number of nitrogens with zero attached hydrogens (tertiary/aromatic N) is 1. The van der Waals surface area contributed by atoms with Gasteiger partial charge in [-0.2, -0.15) is 0 Å². The normalized spacial score (nSPS) is 16.5. The fourth-order valence-corrected chi connectivity index (χ4v) is 4.64. The predicted octanol–water partition coefficient (Wildman–Crippen LogP) is 3.10. The van der Waals surface area contributed by atoms with Crippen LogP contribution in [0.1, 0.15) is 57.1 Å². The van der Waals surface area contributed by atoms with Gasteiger partial charge in [-0.3, -0.25) is 19.7 Å². The lowest BCUT2D eigenvalue weighted by atomic mass is 10.0. The molecule has 39 heavy (non-hydrogen) atoms. The molecule has 2 aromatic rings. The zero-order valence-electron chi connectivity index (χ0n) is 22.7. The van der Waals surface area contributed by atoms with Crippen molar-refractivity contribution >= 4 is 23.8 Å². The number of likely N-dealkylation sites (tertiary alicyclic amines) is 1. The molecule has 210 valence electrons. The average Bonchev–Trinajstić information content (AvgIpc) is 3.42. The molecule has 1 aliphatic heterocycles. The van der Waals surface area contributed by atoms with Gasteiger partial charge >= 0.3 is 11.9 Å². The van der Waals surface area contributed by atoms with E-state index < -0.39 is 36.0 Å². The van der Waals surface area contributed by atoms with Crippen LogP contribution in [0.2, 0.25) is 0 Å². The van der Waals surface area contributed by atoms with Crippen LogP contribution >= 0.6 is 0 Å². The Morgan fingerprint density at radius 3 is 2.08 bits per heavy atom. The first kappa shape index (κ1) is 29.8. The second-order valence-electron chi connectivity index (χ2n) is 10.3. The molecule has 3 atom stereocenters. The lowest BCUT2D eigenvalue weighted by Gasteiger charge is -2.30. The molecule has 0 radical (unpaired) electrons. The minimum Gasteiger partial charge on any atom is -0.460 e. The van der Waals surface area contributed by atoms with E-state index in [0.717, 1.165) is 11.1 Å². The van der Waals surface area contributed by atoms with E-state index in [4.69, 9.17) is 15.2 Å². The highest BCUT2D eigenvalue weighted by atomic mass is 16.5. The van der Waals surface area contributed by atoms with Gasteiger partial charge in [0.2, 0.25) is 11.8 Å². The maximum absolute atomic E-state index is 13.7. The van der Waals surface area contributed by atoms with E-state index in [1.165, 1.54) is 4.90 Å². The minimum atomic E-state index is -0.895. The molecular formula is C30H39N3O6. The summed E-state index contributed by atoms with van der Waals surface area (Å²) in [5.74, 6) is -1.74. The fourth-order valence-electron chi connectivity index (χ4n) is 4.64. The van der Waals surface area contributed by atoms with E-state index in [2.05, 4.69) is 5.32 Å². The Bertz CT molecular complexity index is 1090. The Hall–Kier alpha value is -3.72. The topological polar surface area (TPSA) is 128 Å². The first-order chi connectivity index (χ1) is 18.7. The monoisotopic (exact) mass is 537 g/mol. The maximum atomic E-state index is 13.7. The van der Waals surface area contributed by atoms with E-state index in [9.17, 15) is 19.2 Å². The van der Waals surface area contributed by atoms with Crippen molar-refractivity contribution in [2.24, 2.45) is 11.7 Å². The second-order valence-corrected chi connectivity index (χ2v) is 10.3. The standard InChI is InChI=1S/C30H39N3O6/c1-21(2)18-25(29(36)38-19-22-10-5-3-6-11-22)32-24(15-16-27(31)34)28(35)33-17-9-14-26(33)30(37)39-20-23-12-7-4-8-13-23/h3-8,10-13,21,24-26,32H,9,14-20H2,1-2H3,(H2,31,34)/t24-,25-,26-/m0/s1. The van der Waals surface area contributed by atoms with Crippen LogP contribution in [0.5, 0.6) is 0 Å². The summed E-state index contributed by atoms with van der Waals surface area (Å²) >= 11 is 0. The van der Waals surface area contributed by atoms with Crippen LogP contribution in [-0.4, -0.2) is 53.3 Å². The Morgan fingerprint density at radius 2 is 1.51 bits per heavy atom. The van der Waals surface area contributed by atoms with Crippen LogP contribution in [0, 0.1) is 5.92 Å². The van der Waals surface area contributed by atoms with Gasteiger partial charge in [0.05, 0.1) is 6.04 Å². The second kappa shape index (κ2) is 15.0. The Kier molecular flexibility index (Phi) is 11.5. The molecule has 0 bridgehead atoms. The van der Waals surface area contributed by atoms with Gasteiger partial charge in [0.1, 0.15) is 25.3 Å². The third kappa shape index (κ3) is 9.51. The summed E-state index contributed by atoms with van der Waals surface area (Å²) in [6.45, 7) is 4.55. The zero-order chi connectivity index (χ0) is 28.2. The SMILES string of the molecule is CC(C)C[C@H](N[C@@H](CCC(N)=O)C(=O)N1CCC[C@H]1C(=O)OCc1ccccc1)C(=O)OCc1ccccc1. The largest absolute Gasteiger partial charge is 0.460 e. The van der Waals surface area contributed by atoms with Gasteiger partial charge < -0.3 is 20.1 Å². The summed E-state index contributed by atoms with van der Waals surface area (Å²) in [4.78, 5) is 52.8. The zero-order valence-corrected chi connectivity index (χ0v) is 22.7. The van der Waals surface area contributed by atoms with Gasteiger partial charge in [0.25, 0.3) is 0 Å². The number of hydrogen-bond acceptors (Lipinski definition) is 7. The van der Waals surface area contributed by atoms with Crippen molar-refractivity contribution < 1.29 is 28.7 Å². The Balaban J connectivity index is 1.70. The van der Waals surface area contributed by atoms with Crippen LogP contribution in [0.25, 0.3) is 0 Å². The van der Waals surface area contributed by atoms with Crippen molar-refractivity contribution in [2.45, 2.75) is 77.3 Å². The van der Waals surface area contributed by atoms with Crippen LogP contribution in [0.4, 0.5) is 0 Å². The third-order valence-electron chi connectivity index (χ3n) is 6.63. The van der Waals surface area contributed by atoms with Crippen LogP contribution in [0.15, 0.2) is 60.7 Å². The molecule has 0 aliphatic carbocycles. The van der Waals surface area contributed by atoms with E-state index >= 15 is 0 Å². The van der Waals surface area contributed by atoms with E-state index in [-0.39, 0.29) is 37.9 Å². The number of nitrogens with two attached hydrogens (primary N) is 1. The molecule has 0 aromatic heterocycles. The lowest BCUT2D eigenvalue weighted by Crippen LogP contribution is -2.55. The van der Waals surface area contributed by atoms with Crippen LogP contribution < -0.4 is 11.1 Å². The molecular weight excluding hydrogens is 498 g/mol. The summed E-state index contributed by atoms with van der Waals surface area (Å²) in [6, 6.07) is 16.3. The maximum Gasteiger partial charge on any atom is 0.329 e. The molecule has 1 heterocycles. The first-order valence-electron chi connectivity index (χ1n) is 13.5. The van der Waals surface area contributed by atoms with Gasteiger partial charge in [-0.05, 0) is 42.7 Å². The van der Waals surface area contributed by atoms with E-state index in [0.29, 0.717) is 25.8 Å². The van der Waals surface area contributed by atoms with Crippen molar-refractivity contribution in [1.82, 2.24) is 10.2 Å². The first-order valence-corrected chi connectivity index (χ1v) is 13.5. The predicted molar refractivity (Wildman–Crippen MR) is 146 cm³/mol. The number of rotatable bonds is 14. The Labute approximate surface area is 230 Å². The molecule has 2 amide bonds. The molecule has 0 saturated carbocycles. The molecule has 0 unspecified atom stereocenters. The molecule has 9 nitrogen and oxygen atoms in total. The quantitative estimate of drug-likeness (QED) is 0.355. The minimum absolute atomic E-state index is 0.0478. The van der Waals surface area contributed by atoms with Gasteiger partial charge in [0.15, 0.2) is 0 Å². The highest BCUT2D eigenvalue weighted by Gasteiger charge is 2.39. The molecule has 3 N–H and O–H groups in total. The number of hydrogen-bond donors (Lipinski definition) is 2. The average molecular weight is 538 g/mol. The molecule has 1 saturated heterocycles. The van der Waals surface area contributed by atoms with Crippen LogP contribution in [-0.2, 0) is 41.9 Å². The third-order valence-corrected chi connectivity index (χ3v) is 6.63. The smallest absolute Gasteiger partial charge is 0.329 e. The van der Waals surface area contributed by atoms with Crippen molar-refractivity contribution in [3.63, 3.8) is 0 Å².